The average Bonchev–Trinajstić information content (AvgIpc) is 3.03. The van der Waals surface area contributed by atoms with Gasteiger partial charge in [0, 0.05) is 12.8 Å². The minimum atomic E-state index is -0.104. The number of rotatable bonds is 5. The topological polar surface area (TPSA) is 37.3 Å². The molecule has 2 heteroatoms. The molecule has 1 N–H and O–H groups in total. The van der Waals surface area contributed by atoms with Gasteiger partial charge in [0.05, 0.1) is 6.10 Å². The Bertz CT molecular complexity index is 636. The number of ketones is 1. The summed E-state index contributed by atoms with van der Waals surface area (Å²) >= 11 is 0. The summed E-state index contributed by atoms with van der Waals surface area (Å²) in [5.41, 5.74) is 2.41. The third-order valence-electron chi connectivity index (χ3n) is 10.1. The van der Waals surface area contributed by atoms with Crippen molar-refractivity contribution in [3.63, 3.8) is 0 Å². The highest BCUT2D eigenvalue weighted by molar-refractivity contribution is 5.77. The van der Waals surface area contributed by atoms with Gasteiger partial charge in [-0.05, 0) is 98.2 Å². The maximum Gasteiger partial charge on any atom is 0.132 e. The Hall–Kier alpha value is -0.630. The molecular formula is C26H42O2. The molecule has 0 saturated heterocycles. The van der Waals surface area contributed by atoms with Crippen molar-refractivity contribution in [3.05, 3.63) is 11.6 Å². The van der Waals surface area contributed by atoms with Gasteiger partial charge in [0.1, 0.15) is 5.78 Å². The number of carbonyl (C=O) groups is 1. The van der Waals surface area contributed by atoms with Gasteiger partial charge in [-0.3, -0.25) is 4.79 Å². The maximum absolute atomic E-state index is 11.8. The zero-order valence-corrected chi connectivity index (χ0v) is 18.7. The third-order valence-corrected chi connectivity index (χ3v) is 10.1. The molecule has 0 heterocycles. The molecule has 0 aromatic carbocycles. The predicted molar refractivity (Wildman–Crippen MR) is 115 cm³/mol. The van der Waals surface area contributed by atoms with Crippen molar-refractivity contribution in [1.82, 2.24) is 0 Å². The first-order valence-electron chi connectivity index (χ1n) is 12.2. The SMILES string of the molecule is CCC(=O)CC[C@@H](C)[C@H]1CC[C@@H]2[C@H]3CC=C4C[C@@H](O)CC[C@]4(C)[C@@H]3CC[C@]21C. The first-order chi connectivity index (χ1) is 13.3. The summed E-state index contributed by atoms with van der Waals surface area (Å²) in [6.07, 6.45) is 14.9. The van der Waals surface area contributed by atoms with Crippen LogP contribution in [-0.4, -0.2) is 17.0 Å². The predicted octanol–water partition coefficient (Wildman–Crippen LogP) is 6.32. The molecule has 158 valence electrons. The van der Waals surface area contributed by atoms with Crippen molar-refractivity contribution >= 4 is 5.78 Å². The molecule has 0 aromatic heterocycles. The molecule has 0 aromatic rings. The lowest BCUT2D eigenvalue weighted by Crippen LogP contribution is -2.50. The van der Waals surface area contributed by atoms with E-state index in [1.807, 2.05) is 6.92 Å². The van der Waals surface area contributed by atoms with Crippen molar-refractivity contribution in [1.29, 1.82) is 0 Å². The first-order valence-corrected chi connectivity index (χ1v) is 12.2. The van der Waals surface area contributed by atoms with Crippen molar-refractivity contribution in [2.24, 2.45) is 40.4 Å². The van der Waals surface area contributed by atoms with Gasteiger partial charge >= 0.3 is 0 Å². The number of fused-ring (bicyclic) bond motifs is 5. The third kappa shape index (κ3) is 3.22. The van der Waals surface area contributed by atoms with E-state index in [4.69, 9.17) is 0 Å². The first kappa shape index (κ1) is 20.6. The highest BCUT2D eigenvalue weighted by atomic mass is 16.3. The highest BCUT2D eigenvalue weighted by Crippen LogP contribution is 2.67. The number of aliphatic hydroxyl groups is 1. The van der Waals surface area contributed by atoms with E-state index in [0.29, 0.717) is 29.0 Å². The Labute approximate surface area is 172 Å². The van der Waals surface area contributed by atoms with Gasteiger partial charge in [-0.15, -0.1) is 0 Å². The average molecular weight is 387 g/mol. The summed E-state index contributed by atoms with van der Waals surface area (Å²) in [5, 5.41) is 10.2. The van der Waals surface area contributed by atoms with Gasteiger partial charge in [-0.2, -0.15) is 0 Å². The van der Waals surface area contributed by atoms with Gasteiger partial charge in [0.25, 0.3) is 0 Å². The van der Waals surface area contributed by atoms with Crippen LogP contribution in [0.15, 0.2) is 11.6 Å². The Morgan fingerprint density at radius 1 is 1.18 bits per heavy atom. The summed E-state index contributed by atoms with van der Waals surface area (Å²) in [6.45, 7) is 9.55. The van der Waals surface area contributed by atoms with Crippen molar-refractivity contribution in [3.8, 4) is 0 Å². The Balaban J connectivity index is 1.51. The standard InChI is InChI=1S/C26H42O2/c1-5-19(27)8-6-17(2)22-10-11-23-21-9-7-18-16-20(28)12-14-25(18,3)24(21)13-15-26(22,23)4/h7,17,20-24,28H,5-6,8-16H2,1-4H3/t17-,20+,21-,22-,23-,24-,25+,26+/m1/s1. The zero-order valence-electron chi connectivity index (χ0n) is 18.7. The normalized spacial score (nSPS) is 46.2. The fourth-order valence-corrected chi connectivity index (χ4v) is 8.38. The zero-order chi connectivity index (χ0) is 20.1. The molecular weight excluding hydrogens is 344 g/mol. The minimum Gasteiger partial charge on any atom is -0.393 e. The highest BCUT2D eigenvalue weighted by Gasteiger charge is 2.59. The summed E-state index contributed by atoms with van der Waals surface area (Å²) < 4.78 is 0. The largest absolute Gasteiger partial charge is 0.393 e. The molecule has 2 nitrogen and oxygen atoms in total. The van der Waals surface area contributed by atoms with Crippen LogP contribution < -0.4 is 0 Å². The molecule has 3 saturated carbocycles. The van der Waals surface area contributed by atoms with E-state index in [1.54, 1.807) is 5.57 Å². The summed E-state index contributed by atoms with van der Waals surface area (Å²) in [7, 11) is 0. The molecule has 0 radical (unpaired) electrons. The van der Waals surface area contributed by atoms with Gasteiger partial charge in [0.2, 0.25) is 0 Å². The van der Waals surface area contributed by atoms with Crippen LogP contribution in [0.3, 0.4) is 0 Å². The number of aliphatic hydroxyl groups excluding tert-OH is 1. The van der Waals surface area contributed by atoms with Gasteiger partial charge in [0.15, 0.2) is 0 Å². The molecule has 0 aliphatic heterocycles. The number of hydrogen-bond donors (Lipinski definition) is 1. The molecule has 0 amide bonds. The molecule has 0 spiro atoms. The molecule has 4 aliphatic rings. The number of allylic oxidation sites excluding steroid dienone is 1. The summed E-state index contributed by atoms with van der Waals surface area (Å²) in [5.74, 6) is 4.45. The van der Waals surface area contributed by atoms with E-state index in [-0.39, 0.29) is 6.10 Å². The van der Waals surface area contributed by atoms with E-state index >= 15 is 0 Å². The maximum atomic E-state index is 11.8. The summed E-state index contributed by atoms with van der Waals surface area (Å²) in [6, 6.07) is 0. The number of hydrogen-bond acceptors (Lipinski definition) is 2. The fraction of sp³-hybridized carbons (Fsp3) is 0.885. The lowest BCUT2D eigenvalue weighted by atomic mass is 9.47. The smallest absolute Gasteiger partial charge is 0.132 e. The molecule has 3 fully saturated rings. The minimum absolute atomic E-state index is 0.104. The van der Waals surface area contributed by atoms with Crippen molar-refractivity contribution in [2.45, 2.75) is 104 Å². The summed E-state index contributed by atoms with van der Waals surface area (Å²) in [4.78, 5) is 11.8. The van der Waals surface area contributed by atoms with Crippen LogP contribution in [0, 0.1) is 40.4 Å². The number of Topliss-reactive ketones (excluding diaryl/α,β-unsaturated/α-hetero) is 1. The Morgan fingerprint density at radius 3 is 2.71 bits per heavy atom. The fourth-order valence-electron chi connectivity index (χ4n) is 8.38. The van der Waals surface area contributed by atoms with Crippen molar-refractivity contribution < 1.29 is 9.90 Å². The lowest BCUT2D eigenvalue weighted by molar-refractivity contribution is -0.119. The van der Waals surface area contributed by atoms with Gasteiger partial charge < -0.3 is 5.11 Å². The van der Waals surface area contributed by atoms with Crippen LogP contribution in [0.25, 0.3) is 0 Å². The van der Waals surface area contributed by atoms with E-state index < -0.39 is 0 Å². The van der Waals surface area contributed by atoms with Crippen LogP contribution in [-0.2, 0) is 4.79 Å². The van der Waals surface area contributed by atoms with Gasteiger partial charge in [-0.1, -0.05) is 39.3 Å². The van der Waals surface area contributed by atoms with Crippen LogP contribution >= 0.6 is 0 Å². The molecule has 0 unspecified atom stereocenters. The molecule has 0 bridgehead atoms. The van der Waals surface area contributed by atoms with Crippen LogP contribution in [0.1, 0.15) is 98.3 Å². The van der Waals surface area contributed by atoms with E-state index in [2.05, 4.69) is 26.8 Å². The van der Waals surface area contributed by atoms with Crippen molar-refractivity contribution in [2.75, 3.05) is 0 Å². The van der Waals surface area contributed by atoms with Gasteiger partial charge in [-0.25, -0.2) is 0 Å². The molecule has 4 rings (SSSR count). The van der Waals surface area contributed by atoms with Crippen LogP contribution in [0.5, 0.6) is 0 Å². The molecule has 4 aliphatic carbocycles. The van der Waals surface area contributed by atoms with Crippen LogP contribution in [0.4, 0.5) is 0 Å². The van der Waals surface area contributed by atoms with E-state index in [9.17, 15) is 9.90 Å². The second kappa shape index (κ2) is 7.56. The lowest BCUT2D eigenvalue weighted by Gasteiger charge is -2.58. The molecule has 8 atom stereocenters. The Kier molecular flexibility index (Phi) is 5.57. The second-order valence-electron chi connectivity index (χ2n) is 11.3. The van der Waals surface area contributed by atoms with Crippen LogP contribution in [0.2, 0.25) is 0 Å². The monoisotopic (exact) mass is 386 g/mol. The quantitative estimate of drug-likeness (QED) is 0.561. The second-order valence-corrected chi connectivity index (χ2v) is 11.3. The Morgan fingerprint density at radius 2 is 1.96 bits per heavy atom. The van der Waals surface area contributed by atoms with E-state index in [0.717, 1.165) is 49.4 Å². The van der Waals surface area contributed by atoms with E-state index in [1.165, 1.54) is 38.5 Å². The number of carbonyl (C=O) groups excluding carboxylic acids is 1. The molecule has 28 heavy (non-hydrogen) atoms.